The molecule has 3 N–H and O–H groups in total. The summed E-state index contributed by atoms with van der Waals surface area (Å²) in [4.78, 5) is 0. The third kappa shape index (κ3) is 3.13. The van der Waals surface area contributed by atoms with Crippen LogP contribution in [0.25, 0.3) is 0 Å². The van der Waals surface area contributed by atoms with Gasteiger partial charge in [-0.25, -0.2) is 0 Å². The monoisotopic (exact) mass is 260 g/mol. The topological polar surface area (TPSA) is 65.1 Å². The van der Waals surface area contributed by atoms with Crippen LogP contribution < -0.4 is 16.0 Å². The first-order valence-electron chi connectivity index (χ1n) is 6.23. The summed E-state index contributed by atoms with van der Waals surface area (Å²) in [5.41, 5.74) is 6.11. The SMILES string of the molecule is COc1cccc(C(Cc2cc(C)nn2C)NN)c1. The number of aromatic nitrogens is 2. The molecule has 0 saturated heterocycles. The van der Waals surface area contributed by atoms with Crippen molar-refractivity contribution in [3.05, 3.63) is 47.3 Å². The molecule has 0 amide bonds. The van der Waals surface area contributed by atoms with E-state index in [-0.39, 0.29) is 6.04 Å². The van der Waals surface area contributed by atoms with Crippen LogP contribution in [0.3, 0.4) is 0 Å². The van der Waals surface area contributed by atoms with E-state index < -0.39 is 0 Å². The van der Waals surface area contributed by atoms with Gasteiger partial charge in [0.15, 0.2) is 0 Å². The fraction of sp³-hybridized carbons (Fsp3) is 0.357. The zero-order chi connectivity index (χ0) is 13.8. The van der Waals surface area contributed by atoms with Crippen molar-refractivity contribution >= 4 is 0 Å². The molecule has 19 heavy (non-hydrogen) atoms. The molecule has 0 spiro atoms. The van der Waals surface area contributed by atoms with Gasteiger partial charge in [-0.05, 0) is 30.7 Å². The van der Waals surface area contributed by atoms with Crippen LogP contribution in [0.15, 0.2) is 30.3 Å². The van der Waals surface area contributed by atoms with Crippen molar-refractivity contribution in [3.8, 4) is 5.75 Å². The van der Waals surface area contributed by atoms with Gasteiger partial charge in [0, 0.05) is 19.2 Å². The highest BCUT2D eigenvalue weighted by Crippen LogP contribution is 2.22. The predicted octanol–water partition coefficient (Wildman–Crippen LogP) is 1.48. The lowest BCUT2D eigenvalue weighted by Gasteiger charge is -2.17. The largest absolute Gasteiger partial charge is 0.497 e. The molecule has 1 heterocycles. The number of methoxy groups -OCH3 is 1. The van der Waals surface area contributed by atoms with Gasteiger partial charge in [0.05, 0.1) is 18.8 Å². The smallest absolute Gasteiger partial charge is 0.119 e. The molecule has 0 aliphatic rings. The first-order chi connectivity index (χ1) is 9.13. The maximum Gasteiger partial charge on any atom is 0.119 e. The third-order valence-corrected chi connectivity index (χ3v) is 3.21. The molecule has 2 aromatic rings. The van der Waals surface area contributed by atoms with Gasteiger partial charge in [0.2, 0.25) is 0 Å². The van der Waals surface area contributed by atoms with Crippen LogP contribution in [0.2, 0.25) is 0 Å². The molecule has 5 heteroatoms. The van der Waals surface area contributed by atoms with E-state index >= 15 is 0 Å². The van der Waals surface area contributed by atoms with E-state index in [9.17, 15) is 0 Å². The van der Waals surface area contributed by atoms with Crippen molar-refractivity contribution in [2.75, 3.05) is 7.11 Å². The van der Waals surface area contributed by atoms with E-state index in [1.807, 2.05) is 42.9 Å². The standard InChI is InChI=1S/C14H20N4O/c1-10-7-12(18(2)17-10)9-14(16-15)11-5-4-6-13(8-11)19-3/h4-8,14,16H,9,15H2,1-3H3. The summed E-state index contributed by atoms with van der Waals surface area (Å²) in [6.07, 6.45) is 0.779. The molecule has 1 aromatic heterocycles. The highest BCUT2D eigenvalue weighted by molar-refractivity contribution is 5.31. The maximum atomic E-state index is 5.68. The summed E-state index contributed by atoms with van der Waals surface area (Å²) in [5, 5.41) is 4.35. The van der Waals surface area contributed by atoms with Gasteiger partial charge in [0.1, 0.15) is 5.75 Å². The Kier molecular flexibility index (Phi) is 4.19. The fourth-order valence-corrected chi connectivity index (χ4v) is 2.20. The van der Waals surface area contributed by atoms with Gasteiger partial charge in [0.25, 0.3) is 0 Å². The molecule has 0 fully saturated rings. The van der Waals surface area contributed by atoms with E-state index in [2.05, 4.69) is 16.6 Å². The molecule has 1 aromatic carbocycles. The van der Waals surface area contributed by atoms with E-state index in [1.165, 1.54) is 0 Å². The lowest BCUT2D eigenvalue weighted by Crippen LogP contribution is -2.30. The van der Waals surface area contributed by atoms with Crippen LogP contribution in [0.5, 0.6) is 5.75 Å². The van der Waals surface area contributed by atoms with Crippen molar-refractivity contribution < 1.29 is 4.74 Å². The lowest BCUT2D eigenvalue weighted by atomic mass is 10.0. The Hall–Kier alpha value is -1.85. The van der Waals surface area contributed by atoms with Crippen molar-refractivity contribution in [3.63, 3.8) is 0 Å². The zero-order valence-electron chi connectivity index (χ0n) is 11.6. The van der Waals surface area contributed by atoms with E-state index in [4.69, 9.17) is 10.6 Å². The molecular weight excluding hydrogens is 240 g/mol. The lowest BCUT2D eigenvalue weighted by molar-refractivity contribution is 0.412. The van der Waals surface area contributed by atoms with Gasteiger partial charge in [-0.2, -0.15) is 5.10 Å². The maximum absolute atomic E-state index is 5.68. The number of hydrogen-bond acceptors (Lipinski definition) is 4. The molecule has 1 atom stereocenters. The molecule has 0 radical (unpaired) electrons. The van der Waals surface area contributed by atoms with E-state index in [1.54, 1.807) is 7.11 Å². The summed E-state index contributed by atoms with van der Waals surface area (Å²) in [6.45, 7) is 1.99. The van der Waals surface area contributed by atoms with Crippen LogP contribution in [-0.2, 0) is 13.5 Å². The molecule has 0 saturated carbocycles. The Morgan fingerprint density at radius 3 is 2.79 bits per heavy atom. The number of ether oxygens (including phenoxy) is 1. The van der Waals surface area contributed by atoms with Crippen LogP contribution in [0.4, 0.5) is 0 Å². The van der Waals surface area contributed by atoms with Crippen LogP contribution >= 0.6 is 0 Å². The normalized spacial score (nSPS) is 12.4. The zero-order valence-corrected chi connectivity index (χ0v) is 11.6. The second-order valence-electron chi connectivity index (χ2n) is 4.60. The van der Waals surface area contributed by atoms with Crippen LogP contribution in [0.1, 0.15) is 23.0 Å². The minimum absolute atomic E-state index is 0.0323. The predicted molar refractivity (Wildman–Crippen MR) is 74.7 cm³/mol. The highest BCUT2D eigenvalue weighted by Gasteiger charge is 2.14. The van der Waals surface area contributed by atoms with Crippen molar-refractivity contribution in [2.24, 2.45) is 12.9 Å². The second kappa shape index (κ2) is 5.86. The van der Waals surface area contributed by atoms with Gasteiger partial charge >= 0.3 is 0 Å². The van der Waals surface area contributed by atoms with Gasteiger partial charge in [-0.1, -0.05) is 12.1 Å². The molecule has 2 rings (SSSR count). The first-order valence-corrected chi connectivity index (χ1v) is 6.23. The van der Waals surface area contributed by atoms with Gasteiger partial charge in [-0.3, -0.25) is 16.0 Å². The quantitative estimate of drug-likeness (QED) is 0.631. The Bertz CT molecular complexity index is 550. The summed E-state index contributed by atoms with van der Waals surface area (Å²) >= 11 is 0. The Morgan fingerprint density at radius 1 is 1.42 bits per heavy atom. The Labute approximate surface area is 113 Å². The number of aryl methyl sites for hydroxylation is 2. The van der Waals surface area contributed by atoms with Crippen LogP contribution in [0, 0.1) is 6.92 Å². The average Bonchev–Trinajstić information content (AvgIpc) is 2.74. The summed E-state index contributed by atoms with van der Waals surface area (Å²) in [7, 11) is 3.61. The first kappa shape index (κ1) is 13.6. The average molecular weight is 260 g/mol. The third-order valence-electron chi connectivity index (χ3n) is 3.21. The van der Waals surface area contributed by atoms with Crippen molar-refractivity contribution in [1.82, 2.24) is 15.2 Å². The minimum Gasteiger partial charge on any atom is -0.497 e. The number of hydrogen-bond donors (Lipinski definition) is 2. The van der Waals surface area contributed by atoms with Gasteiger partial charge in [-0.15, -0.1) is 0 Å². The second-order valence-corrected chi connectivity index (χ2v) is 4.60. The van der Waals surface area contributed by atoms with Crippen molar-refractivity contribution in [1.29, 1.82) is 0 Å². The van der Waals surface area contributed by atoms with Crippen molar-refractivity contribution in [2.45, 2.75) is 19.4 Å². The number of nitrogens with zero attached hydrogens (tertiary/aromatic N) is 2. The Morgan fingerprint density at radius 2 is 2.21 bits per heavy atom. The number of rotatable bonds is 5. The summed E-state index contributed by atoms with van der Waals surface area (Å²) in [5.74, 6) is 6.51. The molecule has 5 nitrogen and oxygen atoms in total. The highest BCUT2D eigenvalue weighted by atomic mass is 16.5. The van der Waals surface area contributed by atoms with Crippen LogP contribution in [-0.4, -0.2) is 16.9 Å². The molecule has 0 bridgehead atoms. The summed E-state index contributed by atoms with van der Waals surface area (Å²) in [6, 6.07) is 10.0. The number of nitrogens with one attached hydrogen (secondary N) is 1. The van der Waals surface area contributed by atoms with E-state index in [0.29, 0.717) is 0 Å². The minimum atomic E-state index is 0.0323. The van der Waals surface area contributed by atoms with Gasteiger partial charge < -0.3 is 4.74 Å². The summed E-state index contributed by atoms with van der Waals surface area (Å²) < 4.78 is 7.13. The Balaban J connectivity index is 2.22. The molecule has 1 unspecified atom stereocenters. The number of nitrogens with two attached hydrogens (primary N) is 1. The number of hydrazine groups is 1. The molecule has 102 valence electrons. The number of benzene rings is 1. The molecule has 0 aliphatic carbocycles. The molecule has 0 aliphatic heterocycles. The molecular formula is C14H20N4O. The van der Waals surface area contributed by atoms with E-state index in [0.717, 1.165) is 29.1 Å². The fourth-order valence-electron chi connectivity index (χ4n) is 2.20.